The van der Waals surface area contributed by atoms with Gasteiger partial charge in [-0.3, -0.25) is 9.36 Å². The Bertz CT molecular complexity index is 363. The Morgan fingerprint density at radius 1 is 1.23 bits per heavy atom. The first-order valence-electron chi connectivity index (χ1n) is 8.08. The van der Waals surface area contributed by atoms with Crippen molar-refractivity contribution in [1.82, 2.24) is 5.32 Å². The summed E-state index contributed by atoms with van der Waals surface area (Å²) in [6.45, 7) is 2.93. The average Bonchev–Trinajstić information content (AvgIpc) is 2.53. The number of carbonyl (C=O) groups is 1. The predicted molar refractivity (Wildman–Crippen MR) is 86.1 cm³/mol. The third-order valence-electron chi connectivity index (χ3n) is 4.08. The van der Waals surface area contributed by atoms with Crippen LogP contribution in [-0.4, -0.2) is 45.5 Å². The maximum absolute atomic E-state index is 11.8. The van der Waals surface area contributed by atoms with Gasteiger partial charge in [-0.2, -0.15) is 0 Å². The van der Waals surface area contributed by atoms with E-state index in [2.05, 4.69) is 5.32 Å². The molecular weight excluding hydrogens is 305 g/mol. The van der Waals surface area contributed by atoms with Crippen LogP contribution in [0.3, 0.4) is 0 Å². The van der Waals surface area contributed by atoms with Crippen LogP contribution in [0, 0.1) is 5.92 Å². The molecule has 0 bridgehead atoms. The molecule has 1 atom stereocenters. The van der Waals surface area contributed by atoms with Crippen molar-refractivity contribution in [2.75, 3.05) is 33.5 Å². The Morgan fingerprint density at radius 3 is 2.45 bits per heavy atom. The van der Waals surface area contributed by atoms with Crippen molar-refractivity contribution in [1.29, 1.82) is 0 Å². The standard InChI is InChI=1S/C15H30NO5P/c1-13(21-12-14-7-5-4-6-8-14)11-15(17)16-9-10-22(18,19-2)20-3/h13-14H,4-12H2,1-3H3,(H,16,17)/t13-/m1/s1. The number of amides is 1. The van der Waals surface area contributed by atoms with Gasteiger partial charge in [-0.25, -0.2) is 0 Å². The number of hydrogen-bond acceptors (Lipinski definition) is 5. The third kappa shape index (κ3) is 7.73. The van der Waals surface area contributed by atoms with Crippen molar-refractivity contribution in [3.8, 4) is 0 Å². The monoisotopic (exact) mass is 335 g/mol. The van der Waals surface area contributed by atoms with Crippen LogP contribution < -0.4 is 5.32 Å². The zero-order valence-corrected chi connectivity index (χ0v) is 14.9. The highest BCUT2D eigenvalue weighted by atomic mass is 31.2. The molecule has 0 aromatic heterocycles. The third-order valence-corrected chi connectivity index (χ3v) is 5.96. The van der Waals surface area contributed by atoms with Gasteiger partial charge in [0.25, 0.3) is 0 Å². The lowest BCUT2D eigenvalue weighted by molar-refractivity contribution is -0.123. The fourth-order valence-corrected chi connectivity index (χ4v) is 3.54. The van der Waals surface area contributed by atoms with Crippen LogP contribution in [0.25, 0.3) is 0 Å². The normalized spacial score (nSPS) is 18.1. The van der Waals surface area contributed by atoms with Gasteiger partial charge in [0.15, 0.2) is 0 Å². The molecule has 0 radical (unpaired) electrons. The molecule has 0 unspecified atom stereocenters. The Labute approximate surface area is 133 Å². The second-order valence-electron chi connectivity index (χ2n) is 5.90. The first-order chi connectivity index (χ1) is 10.5. The van der Waals surface area contributed by atoms with Gasteiger partial charge in [0, 0.05) is 27.4 Å². The summed E-state index contributed by atoms with van der Waals surface area (Å²) in [6.07, 6.45) is 6.79. The summed E-state index contributed by atoms with van der Waals surface area (Å²) in [5.41, 5.74) is 0. The molecule has 130 valence electrons. The average molecular weight is 335 g/mol. The molecule has 0 spiro atoms. The summed E-state index contributed by atoms with van der Waals surface area (Å²) in [5, 5.41) is 2.72. The predicted octanol–water partition coefficient (Wildman–Crippen LogP) is 2.96. The highest BCUT2D eigenvalue weighted by molar-refractivity contribution is 7.53. The van der Waals surface area contributed by atoms with E-state index in [1.807, 2.05) is 6.92 Å². The lowest BCUT2D eigenvalue weighted by atomic mass is 9.90. The molecule has 0 saturated heterocycles. The molecule has 1 aliphatic rings. The van der Waals surface area contributed by atoms with Gasteiger partial charge in [0.2, 0.25) is 5.91 Å². The van der Waals surface area contributed by atoms with E-state index in [9.17, 15) is 9.36 Å². The molecular formula is C15H30NO5P. The Hall–Kier alpha value is -0.420. The molecule has 1 rings (SSSR count). The van der Waals surface area contributed by atoms with Crippen molar-refractivity contribution in [3.05, 3.63) is 0 Å². The number of nitrogens with one attached hydrogen (secondary N) is 1. The minimum atomic E-state index is -3.05. The molecule has 0 aromatic carbocycles. The summed E-state index contributed by atoms with van der Waals surface area (Å²) in [4.78, 5) is 11.8. The van der Waals surface area contributed by atoms with E-state index >= 15 is 0 Å². The topological polar surface area (TPSA) is 73.9 Å². The van der Waals surface area contributed by atoms with E-state index in [1.54, 1.807) is 0 Å². The van der Waals surface area contributed by atoms with Crippen LogP contribution in [0.2, 0.25) is 0 Å². The lowest BCUT2D eigenvalue weighted by Crippen LogP contribution is -2.30. The van der Waals surface area contributed by atoms with E-state index in [4.69, 9.17) is 13.8 Å². The minimum absolute atomic E-state index is 0.0985. The molecule has 7 heteroatoms. The van der Waals surface area contributed by atoms with Gasteiger partial charge < -0.3 is 19.1 Å². The molecule has 0 aliphatic heterocycles. The van der Waals surface area contributed by atoms with E-state index in [-0.39, 0.29) is 24.7 Å². The van der Waals surface area contributed by atoms with Crippen molar-refractivity contribution in [2.45, 2.75) is 51.6 Å². The number of carbonyl (C=O) groups excluding carboxylic acids is 1. The van der Waals surface area contributed by atoms with Crippen LogP contribution in [0.1, 0.15) is 45.4 Å². The van der Waals surface area contributed by atoms with Gasteiger partial charge in [-0.15, -0.1) is 0 Å². The molecule has 6 nitrogen and oxygen atoms in total. The summed E-state index contributed by atoms with van der Waals surface area (Å²) in [5.74, 6) is 0.545. The summed E-state index contributed by atoms with van der Waals surface area (Å²) < 4.78 is 27.2. The molecule has 0 aromatic rings. The SMILES string of the molecule is COP(=O)(CCNC(=O)C[C@@H](C)OCC1CCCCC1)OC. The highest BCUT2D eigenvalue weighted by Gasteiger charge is 2.21. The Kier molecular flexibility index (Phi) is 9.25. The number of hydrogen-bond donors (Lipinski definition) is 1. The Morgan fingerprint density at radius 2 is 1.86 bits per heavy atom. The van der Waals surface area contributed by atoms with Crippen LogP contribution in [0.15, 0.2) is 0 Å². The van der Waals surface area contributed by atoms with E-state index in [0.717, 1.165) is 6.61 Å². The van der Waals surface area contributed by atoms with Gasteiger partial charge in [0.1, 0.15) is 0 Å². The highest BCUT2D eigenvalue weighted by Crippen LogP contribution is 2.45. The molecule has 1 saturated carbocycles. The number of rotatable bonds is 10. The zero-order valence-electron chi connectivity index (χ0n) is 14.0. The molecule has 0 heterocycles. The zero-order chi connectivity index (χ0) is 16.4. The van der Waals surface area contributed by atoms with Crippen LogP contribution in [-0.2, 0) is 23.1 Å². The van der Waals surface area contributed by atoms with Gasteiger partial charge in [0.05, 0.1) is 18.7 Å². The van der Waals surface area contributed by atoms with Crippen LogP contribution >= 0.6 is 7.60 Å². The minimum Gasteiger partial charge on any atom is -0.378 e. The maximum atomic E-state index is 11.8. The fourth-order valence-electron chi connectivity index (χ4n) is 2.64. The number of ether oxygens (including phenoxy) is 1. The van der Waals surface area contributed by atoms with Crippen molar-refractivity contribution in [2.24, 2.45) is 5.92 Å². The van der Waals surface area contributed by atoms with Crippen molar-refractivity contribution >= 4 is 13.5 Å². The Balaban J connectivity index is 2.14. The summed E-state index contributed by atoms with van der Waals surface area (Å²) >= 11 is 0. The molecule has 1 aliphatic carbocycles. The van der Waals surface area contributed by atoms with Gasteiger partial charge in [-0.05, 0) is 25.7 Å². The largest absolute Gasteiger partial charge is 0.378 e. The second-order valence-corrected chi connectivity index (χ2v) is 8.30. The van der Waals surface area contributed by atoms with Crippen molar-refractivity contribution in [3.63, 3.8) is 0 Å². The first-order valence-corrected chi connectivity index (χ1v) is 9.80. The summed E-state index contributed by atoms with van der Waals surface area (Å²) in [7, 11) is -0.368. The molecule has 1 fully saturated rings. The summed E-state index contributed by atoms with van der Waals surface area (Å²) in [6, 6.07) is 0. The molecule has 1 amide bonds. The molecule has 22 heavy (non-hydrogen) atoms. The van der Waals surface area contributed by atoms with E-state index in [0.29, 0.717) is 12.3 Å². The quantitative estimate of drug-likeness (QED) is 0.621. The van der Waals surface area contributed by atoms with Crippen LogP contribution in [0.4, 0.5) is 0 Å². The maximum Gasteiger partial charge on any atom is 0.331 e. The fraction of sp³-hybridized carbons (Fsp3) is 0.933. The first kappa shape index (κ1) is 19.6. The van der Waals surface area contributed by atoms with E-state index in [1.165, 1.54) is 46.3 Å². The van der Waals surface area contributed by atoms with Gasteiger partial charge >= 0.3 is 7.60 Å². The van der Waals surface area contributed by atoms with E-state index < -0.39 is 7.60 Å². The second kappa shape index (κ2) is 10.4. The smallest absolute Gasteiger partial charge is 0.331 e. The van der Waals surface area contributed by atoms with Crippen LogP contribution in [0.5, 0.6) is 0 Å². The molecule has 1 N–H and O–H groups in total. The van der Waals surface area contributed by atoms with Crippen molar-refractivity contribution < 1.29 is 23.1 Å². The van der Waals surface area contributed by atoms with Gasteiger partial charge in [-0.1, -0.05) is 19.3 Å². The lowest BCUT2D eigenvalue weighted by Gasteiger charge is -2.23.